The molecule has 6 nitrogen and oxygen atoms in total. The molecule has 60 heavy (non-hydrogen) atoms. The lowest BCUT2D eigenvalue weighted by Crippen LogP contribution is -2.44. The Balaban J connectivity index is 0.000000181. The molecule has 4 atom stereocenters. The summed E-state index contributed by atoms with van der Waals surface area (Å²) < 4.78 is 23.8. The number of para-hydroxylation sites is 2. The molecule has 2 saturated heterocycles. The molecular formula is C50H52Cl2N2O4S2. The van der Waals surface area contributed by atoms with Crippen molar-refractivity contribution in [2.75, 3.05) is 53.6 Å². The monoisotopic (exact) mass is 878 g/mol. The van der Waals surface area contributed by atoms with E-state index in [1.54, 1.807) is 37.7 Å². The molecule has 0 unspecified atom stereocenters. The van der Waals surface area contributed by atoms with Crippen molar-refractivity contribution in [2.24, 2.45) is 0 Å². The number of rotatable bonds is 14. The van der Waals surface area contributed by atoms with E-state index in [1.807, 2.05) is 60.7 Å². The van der Waals surface area contributed by atoms with Crippen LogP contribution in [0.1, 0.15) is 32.8 Å². The summed E-state index contributed by atoms with van der Waals surface area (Å²) in [5.74, 6) is 1.77. The van der Waals surface area contributed by atoms with Crippen LogP contribution in [0, 0.1) is 0 Å². The van der Waals surface area contributed by atoms with Crippen LogP contribution in [0.4, 0.5) is 0 Å². The van der Waals surface area contributed by atoms with Crippen LogP contribution in [0.2, 0.25) is 10.0 Å². The fraction of sp³-hybridized carbons (Fsp3) is 0.280. The summed E-state index contributed by atoms with van der Waals surface area (Å²) in [6, 6.07) is 53.8. The SMILES string of the molecule is COc1ccccc1S[C@@H](c1ccc(Cl)cc1)[C@@H]1CN(Cc2ccccc2)CCO1.COc1ccccc1S[C@H](c1ccc(Cl)cc1)[C@H]1CN(Cc2ccccc2)CCO1. The van der Waals surface area contributed by atoms with Crippen molar-refractivity contribution < 1.29 is 18.9 Å². The van der Waals surface area contributed by atoms with Gasteiger partial charge in [-0.05, 0) is 70.8 Å². The highest BCUT2D eigenvalue weighted by Crippen LogP contribution is 2.45. The molecule has 0 bridgehead atoms. The first-order chi connectivity index (χ1) is 29.4. The van der Waals surface area contributed by atoms with Crippen molar-refractivity contribution >= 4 is 46.7 Å². The molecule has 0 radical (unpaired) electrons. The van der Waals surface area contributed by atoms with Gasteiger partial charge in [-0.2, -0.15) is 0 Å². The van der Waals surface area contributed by atoms with Crippen LogP contribution >= 0.6 is 46.7 Å². The Morgan fingerprint density at radius 3 is 1.27 bits per heavy atom. The molecule has 2 aliphatic heterocycles. The summed E-state index contributed by atoms with van der Waals surface area (Å²) in [7, 11) is 3.44. The maximum absolute atomic E-state index is 6.30. The highest BCUT2D eigenvalue weighted by Gasteiger charge is 2.32. The van der Waals surface area contributed by atoms with Crippen molar-refractivity contribution in [1.82, 2.24) is 9.80 Å². The van der Waals surface area contributed by atoms with Crippen LogP contribution < -0.4 is 9.47 Å². The van der Waals surface area contributed by atoms with Gasteiger partial charge >= 0.3 is 0 Å². The van der Waals surface area contributed by atoms with E-state index in [4.69, 9.17) is 42.1 Å². The smallest absolute Gasteiger partial charge is 0.132 e. The third-order valence-electron chi connectivity index (χ3n) is 10.6. The lowest BCUT2D eigenvalue weighted by Gasteiger charge is -2.37. The van der Waals surface area contributed by atoms with Gasteiger partial charge in [0.25, 0.3) is 0 Å². The normalized spacial score (nSPS) is 18.1. The topological polar surface area (TPSA) is 43.4 Å². The third-order valence-corrected chi connectivity index (χ3v) is 13.9. The Labute approximate surface area is 374 Å². The average molecular weight is 880 g/mol. The van der Waals surface area contributed by atoms with Crippen molar-refractivity contribution in [3.05, 3.63) is 190 Å². The van der Waals surface area contributed by atoms with E-state index in [1.165, 1.54) is 22.3 Å². The summed E-state index contributed by atoms with van der Waals surface area (Å²) in [6.45, 7) is 6.98. The van der Waals surface area contributed by atoms with E-state index in [0.717, 1.165) is 83.8 Å². The number of ether oxygens (including phenoxy) is 4. The zero-order valence-corrected chi connectivity index (χ0v) is 37.2. The predicted octanol–water partition coefficient (Wildman–Crippen LogP) is 12.2. The molecule has 6 aromatic rings. The van der Waals surface area contributed by atoms with Gasteiger partial charge in [0, 0.05) is 49.3 Å². The Morgan fingerprint density at radius 2 is 0.883 bits per heavy atom. The Hall–Kier alpha value is -3.96. The standard InChI is InChI=1S/2C25H26ClNO2S/c2*1-28-22-9-5-6-10-24(22)30-25(20-11-13-21(26)14-12-20)23-18-27(15-16-29-23)17-19-7-3-2-4-8-19/h2*2-14,23,25H,15-18H2,1H3/t2*23-,25-/m10/s1. The van der Waals surface area contributed by atoms with E-state index >= 15 is 0 Å². The largest absolute Gasteiger partial charge is 0.496 e. The van der Waals surface area contributed by atoms with Crippen LogP contribution in [0.15, 0.2) is 168 Å². The van der Waals surface area contributed by atoms with Gasteiger partial charge in [0.1, 0.15) is 11.5 Å². The number of hydrogen-bond acceptors (Lipinski definition) is 8. The molecular weight excluding hydrogens is 828 g/mol. The number of thioether (sulfide) groups is 2. The van der Waals surface area contributed by atoms with E-state index in [2.05, 4.69) is 107 Å². The number of nitrogens with zero attached hydrogens (tertiary/aromatic N) is 2. The minimum absolute atomic E-state index is 0.0681. The molecule has 0 saturated carbocycles. The quantitative estimate of drug-likeness (QED) is 0.100. The van der Waals surface area contributed by atoms with Crippen molar-refractivity contribution in [3.63, 3.8) is 0 Å². The molecule has 2 fully saturated rings. The van der Waals surface area contributed by atoms with Crippen LogP contribution in [-0.4, -0.2) is 75.6 Å². The molecule has 6 aromatic carbocycles. The Kier molecular flexibility index (Phi) is 16.7. The molecule has 0 aliphatic carbocycles. The lowest BCUT2D eigenvalue weighted by atomic mass is 10.1. The lowest BCUT2D eigenvalue weighted by molar-refractivity contribution is -0.0321. The van der Waals surface area contributed by atoms with Crippen LogP contribution in [0.25, 0.3) is 0 Å². The summed E-state index contributed by atoms with van der Waals surface area (Å²) >= 11 is 15.9. The first kappa shape index (κ1) is 44.1. The Morgan fingerprint density at radius 1 is 0.517 bits per heavy atom. The zero-order chi connectivity index (χ0) is 41.5. The number of halogens is 2. The van der Waals surface area contributed by atoms with Gasteiger partial charge in [-0.1, -0.05) is 132 Å². The van der Waals surface area contributed by atoms with Gasteiger partial charge < -0.3 is 18.9 Å². The second-order valence-electron chi connectivity index (χ2n) is 14.7. The average Bonchev–Trinajstić information content (AvgIpc) is 3.29. The van der Waals surface area contributed by atoms with Crippen molar-refractivity contribution in [2.45, 2.75) is 45.6 Å². The molecule has 2 heterocycles. The summed E-state index contributed by atoms with van der Waals surface area (Å²) in [5.41, 5.74) is 5.08. The maximum atomic E-state index is 6.30. The second kappa shape index (κ2) is 22.8. The first-order valence-corrected chi connectivity index (χ1v) is 22.8. The first-order valence-electron chi connectivity index (χ1n) is 20.3. The van der Waals surface area contributed by atoms with Crippen LogP contribution in [0.3, 0.4) is 0 Å². The number of morpholine rings is 2. The maximum Gasteiger partial charge on any atom is 0.132 e. The van der Waals surface area contributed by atoms with Gasteiger partial charge in [0.05, 0.1) is 59.9 Å². The predicted molar refractivity (Wildman–Crippen MR) is 249 cm³/mol. The second-order valence-corrected chi connectivity index (χ2v) is 18.0. The molecule has 10 heteroatoms. The van der Waals surface area contributed by atoms with E-state index in [-0.39, 0.29) is 22.7 Å². The highest BCUT2D eigenvalue weighted by molar-refractivity contribution is 8.00. The van der Waals surface area contributed by atoms with Crippen LogP contribution in [0.5, 0.6) is 11.5 Å². The van der Waals surface area contributed by atoms with E-state index < -0.39 is 0 Å². The van der Waals surface area contributed by atoms with Crippen molar-refractivity contribution in [1.29, 1.82) is 0 Å². The molecule has 2 aliphatic rings. The fourth-order valence-electron chi connectivity index (χ4n) is 7.53. The molecule has 0 N–H and O–H groups in total. The van der Waals surface area contributed by atoms with Gasteiger partial charge in [-0.25, -0.2) is 0 Å². The van der Waals surface area contributed by atoms with Crippen molar-refractivity contribution in [3.8, 4) is 11.5 Å². The minimum Gasteiger partial charge on any atom is -0.496 e. The minimum atomic E-state index is 0.0681. The van der Waals surface area contributed by atoms with Gasteiger partial charge in [0.15, 0.2) is 0 Å². The fourth-order valence-corrected chi connectivity index (χ4v) is 10.4. The van der Waals surface area contributed by atoms with Gasteiger partial charge in [-0.3, -0.25) is 9.80 Å². The number of hydrogen-bond donors (Lipinski definition) is 0. The van der Waals surface area contributed by atoms with Gasteiger partial charge in [0.2, 0.25) is 0 Å². The number of benzene rings is 6. The summed E-state index contributed by atoms with van der Waals surface area (Å²) in [5, 5.41) is 1.76. The summed E-state index contributed by atoms with van der Waals surface area (Å²) in [4.78, 5) is 7.19. The highest BCUT2D eigenvalue weighted by atomic mass is 35.5. The van der Waals surface area contributed by atoms with Crippen LogP contribution in [-0.2, 0) is 22.6 Å². The van der Waals surface area contributed by atoms with Gasteiger partial charge in [-0.15, -0.1) is 23.5 Å². The zero-order valence-electron chi connectivity index (χ0n) is 34.1. The third kappa shape index (κ3) is 12.6. The molecule has 0 spiro atoms. The molecule has 0 amide bonds. The summed E-state index contributed by atoms with van der Waals surface area (Å²) in [6.07, 6.45) is 0.136. The molecule has 8 rings (SSSR count). The van der Waals surface area contributed by atoms with E-state index in [9.17, 15) is 0 Å². The Bertz CT molecular complexity index is 2030. The molecule has 312 valence electrons. The molecule has 0 aromatic heterocycles. The number of methoxy groups -OCH3 is 2. The van der Waals surface area contributed by atoms with E-state index in [0.29, 0.717) is 0 Å².